The number of hydrogen-bond donors (Lipinski definition) is 1. The number of carbonyl (C=O) groups excluding carboxylic acids is 1. The molecule has 150 valence electrons. The lowest BCUT2D eigenvalue weighted by molar-refractivity contribution is -0.117. The van der Waals surface area contributed by atoms with Crippen molar-refractivity contribution in [1.82, 2.24) is 14.7 Å². The molecular formula is C17H18F2N4O4S. The molecule has 11 heteroatoms. The molecule has 28 heavy (non-hydrogen) atoms. The molecule has 1 atom stereocenters. The molecule has 1 spiro atoms. The summed E-state index contributed by atoms with van der Waals surface area (Å²) in [5.74, 6) is -2.25. The lowest BCUT2D eigenvalue weighted by Gasteiger charge is -2.51. The van der Waals surface area contributed by atoms with Crippen LogP contribution in [0.15, 0.2) is 36.7 Å². The second-order valence-corrected chi connectivity index (χ2v) is 9.35. The Morgan fingerprint density at radius 3 is 2.75 bits per heavy atom. The van der Waals surface area contributed by atoms with Gasteiger partial charge >= 0.3 is 6.03 Å². The molecule has 0 saturated carbocycles. The molecule has 1 aromatic heterocycles. The highest BCUT2D eigenvalue weighted by Crippen LogP contribution is 2.33. The molecule has 4 rings (SSSR count). The van der Waals surface area contributed by atoms with Gasteiger partial charge in [-0.15, -0.1) is 0 Å². The van der Waals surface area contributed by atoms with Gasteiger partial charge in [0, 0.05) is 24.1 Å². The van der Waals surface area contributed by atoms with Gasteiger partial charge in [0.1, 0.15) is 10.9 Å². The normalized spacial score (nSPS) is 22.6. The lowest BCUT2D eigenvalue weighted by atomic mass is 9.96. The van der Waals surface area contributed by atoms with Crippen LogP contribution < -0.4 is 5.32 Å². The second-order valence-electron chi connectivity index (χ2n) is 7.07. The van der Waals surface area contributed by atoms with Crippen molar-refractivity contribution in [3.8, 4) is 0 Å². The predicted octanol–water partition coefficient (Wildman–Crippen LogP) is 1.26. The Morgan fingerprint density at radius 1 is 1.32 bits per heavy atom. The maximum absolute atomic E-state index is 13.2. The Balaban J connectivity index is 1.35. The summed E-state index contributed by atoms with van der Waals surface area (Å²) in [4.78, 5) is 13.6. The third-order valence-corrected chi connectivity index (χ3v) is 7.14. The molecule has 0 unspecified atom stereocenters. The van der Waals surface area contributed by atoms with Gasteiger partial charge in [0.15, 0.2) is 21.5 Å². The molecular weight excluding hydrogens is 394 g/mol. The van der Waals surface area contributed by atoms with Crippen LogP contribution in [0.1, 0.15) is 0 Å². The van der Waals surface area contributed by atoms with E-state index >= 15 is 0 Å². The number of rotatable bonds is 3. The molecule has 3 heterocycles. The monoisotopic (exact) mass is 412 g/mol. The number of sulfone groups is 1. The van der Waals surface area contributed by atoms with Crippen LogP contribution in [0.4, 0.5) is 19.3 Å². The summed E-state index contributed by atoms with van der Waals surface area (Å²) < 4.78 is 58.8. The molecule has 0 radical (unpaired) electrons. The van der Waals surface area contributed by atoms with E-state index in [1.807, 2.05) is 0 Å². The summed E-state index contributed by atoms with van der Waals surface area (Å²) in [5, 5.41) is 5.78. The molecule has 8 nitrogen and oxygen atoms in total. The first-order chi connectivity index (χ1) is 13.3. The van der Waals surface area contributed by atoms with Gasteiger partial charge in [0.05, 0.1) is 32.0 Å². The average molecular weight is 412 g/mol. The van der Waals surface area contributed by atoms with Crippen molar-refractivity contribution in [2.75, 3.05) is 30.8 Å². The molecule has 1 N–H and O–H groups in total. The standard InChI is InChI=1S/C17H18F2N4O4S/c18-14-3-2-12(6-15(14)19)21-16(24)22-9-17(10-22)11-28(25,26)13(8-27-17)7-23-5-1-4-20-23/h1-6,13H,7-11H2,(H,21,24)/t13-/m0/s1. The fourth-order valence-electron chi connectivity index (χ4n) is 3.43. The van der Waals surface area contributed by atoms with Crippen LogP contribution in [-0.4, -0.2) is 65.4 Å². The van der Waals surface area contributed by atoms with E-state index < -0.39 is 38.4 Å². The Morgan fingerprint density at radius 2 is 2.11 bits per heavy atom. The molecule has 2 saturated heterocycles. The van der Waals surface area contributed by atoms with Crippen molar-refractivity contribution < 1.29 is 26.7 Å². The van der Waals surface area contributed by atoms with Crippen LogP contribution in [-0.2, 0) is 21.1 Å². The third-order valence-electron chi connectivity index (χ3n) is 4.91. The first kappa shape index (κ1) is 18.8. The van der Waals surface area contributed by atoms with Crippen molar-refractivity contribution in [2.24, 2.45) is 0 Å². The Kier molecular flexibility index (Phi) is 4.58. The molecule has 2 aliphatic heterocycles. The number of likely N-dealkylation sites (tertiary alicyclic amines) is 1. The Hall–Kier alpha value is -2.53. The molecule has 1 aromatic carbocycles. The highest BCUT2D eigenvalue weighted by Gasteiger charge is 2.54. The quantitative estimate of drug-likeness (QED) is 0.819. The van der Waals surface area contributed by atoms with Gasteiger partial charge in [0.2, 0.25) is 0 Å². The first-order valence-corrected chi connectivity index (χ1v) is 10.3. The van der Waals surface area contributed by atoms with Crippen LogP contribution >= 0.6 is 0 Å². The van der Waals surface area contributed by atoms with E-state index in [0.717, 1.165) is 12.1 Å². The molecule has 0 aliphatic carbocycles. The van der Waals surface area contributed by atoms with Crippen molar-refractivity contribution in [2.45, 2.75) is 17.4 Å². The van der Waals surface area contributed by atoms with E-state index in [-0.39, 0.29) is 37.7 Å². The van der Waals surface area contributed by atoms with Gasteiger partial charge in [0.25, 0.3) is 0 Å². The number of anilines is 1. The maximum Gasteiger partial charge on any atom is 0.322 e. The lowest BCUT2D eigenvalue weighted by Crippen LogP contribution is -2.71. The van der Waals surface area contributed by atoms with Crippen LogP contribution in [0.3, 0.4) is 0 Å². The minimum atomic E-state index is -3.42. The SMILES string of the molecule is O=C(Nc1ccc(F)c(F)c1)N1CC2(C1)CS(=O)(=O)[C@@H](Cn1cccn1)CO2. The molecule has 2 amide bonds. The zero-order valence-corrected chi connectivity index (χ0v) is 15.5. The zero-order chi connectivity index (χ0) is 19.9. The number of ether oxygens (including phenoxy) is 1. The van der Waals surface area contributed by atoms with E-state index in [1.54, 1.807) is 23.1 Å². The molecule has 2 aromatic rings. The number of nitrogens with one attached hydrogen (secondary N) is 1. The van der Waals surface area contributed by atoms with E-state index in [4.69, 9.17) is 4.74 Å². The van der Waals surface area contributed by atoms with Gasteiger partial charge in [-0.2, -0.15) is 5.10 Å². The van der Waals surface area contributed by atoms with Crippen molar-refractivity contribution >= 4 is 21.6 Å². The summed E-state index contributed by atoms with van der Waals surface area (Å²) in [6.07, 6.45) is 3.26. The topological polar surface area (TPSA) is 93.5 Å². The summed E-state index contributed by atoms with van der Waals surface area (Å²) in [5.41, 5.74) is -0.813. The number of amides is 2. The number of benzene rings is 1. The Bertz CT molecular complexity index is 991. The van der Waals surface area contributed by atoms with Gasteiger partial charge < -0.3 is 15.0 Å². The van der Waals surface area contributed by atoms with Crippen LogP contribution in [0.25, 0.3) is 0 Å². The highest BCUT2D eigenvalue weighted by atomic mass is 32.2. The van der Waals surface area contributed by atoms with Gasteiger partial charge in [-0.05, 0) is 18.2 Å². The average Bonchev–Trinajstić information content (AvgIpc) is 3.11. The third kappa shape index (κ3) is 3.59. The van der Waals surface area contributed by atoms with E-state index in [2.05, 4.69) is 10.4 Å². The number of carbonyl (C=O) groups is 1. The minimum absolute atomic E-state index is 0.0286. The fraction of sp³-hybridized carbons (Fsp3) is 0.412. The summed E-state index contributed by atoms with van der Waals surface area (Å²) in [6, 6.07) is 4.22. The predicted molar refractivity (Wildman–Crippen MR) is 95.4 cm³/mol. The van der Waals surface area contributed by atoms with Crippen LogP contribution in [0.5, 0.6) is 0 Å². The summed E-state index contributed by atoms with van der Waals surface area (Å²) >= 11 is 0. The minimum Gasteiger partial charge on any atom is -0.369 e. The van der Waals surface area contributed by atoms with Crippen molar-refractivity contribution in [3.63, 3.8) is 0 Å². The number of aromatic nitrogens is 2. The van der Waals surface area contributed by atoms with Crippen molar-refractivity contribution in [3.05, 3.63) is 48.3 Å². The second kappa shape index (κ2) is 6.82. The number of nitrogens with zero attached hydrogens (tertiary/aromatic N) is 3. The largest absolute Gasteiger partial charge is 0.369 e. The maximum atomic E-state index is 13.2. The number of hydrogen-bond acceptors (Lipinski definition) is 5. The summed E-state index contributed by atoms with van der Waals surface area (Å²) in [7, 11) is -3.42. The van der Waals surface area contributed by atoms with Gasteiger partial charge in [-0.1, -0.05) is 0 Å². The molecule has 2 fully saturated rings. The Labute approximate surface area is 160 Å². The highest BCUT2D eigenvalue weighted by molar-refractivity contribution is 7.92. The fourth-order valence-corrected chi connectivity index (χ4v) is 5.33. The smallest absolute Gasteiger partial charge is 0.322 e. The van der Waals surface area contributed by atoms with Crippen LogP contribution in [0, 0.1) is 11.6 Å². The van der Waals surface area contributed by atoms with E-state index in [0.29, 0.717) is 0 Å². The zero-order valence-electron chi connectivity index (χ0n) is 14.7. The summed E-state index contributed by atoms with van der Waals surface area (Å²) in [6.45, 7) is 0.457. The number of urea groups is 1. The van der Waals surface area contributed by atoms with Crippen LogP contribution in [0.2, 0.25) is 0 Å². The van der Waals surface area contributed by atoms with Crippen molar-refractivity contribution in [1.29, 1.82) is 0 Å². The van der Waals surface area contributed by atoms with E-state index in [1.165, 1.54) is 11.0 Å². The van der Waals surface area contributed by atoms with Gasteiger partial charge in [-0.25, -0.2) is 22.0 Å². The first-order valence-electron chi connectivity index (χ1n) is 8.60. The molecule has 2 aliphatic rings. The van der Waals surface area contributed by atoms with Gasteiger partial charge in [-0.3, -0.25) is 4.68 Å². The van der Waals surface area contributed by atoms with E-state index in [9.17, 15) is 22.0 Å². The molecule has 0 bridgehead atoms. The number of halogens is 2.